The number of aliphatic hydroxyl groups excluding tert-OH is 2. The minimum Gasteiger partial charge on any atom is -0.462 e. The number of pyridine rings is 1. The van der Waals surface area contributed by atoms with Gasteiger partial charge in [-0.2, -0.15) is 33.3 Å². The number of nitrogens with one attached hydrogen (secondary N) is 3. The molecule has 4 saturated heterocycles. The number of aromatic amines is 1. The second-order valence-electron chi connectivity index (χ2n) is 25.3. The van der Waals surface area contributed by atoms with Gasteiger partial charge in [0, 0.05) is 99.6 Å². The highest BCUT2D eigenvalue weighted by Crippen LogP contribution is 2.61. The average molecular weight is 1220 g/mol. The molecule has 88 heavy (non-hydrogen) atoms. The van der Waals surface area contributed by atoms with E-state index in [9.17, 15) is 19.8 Å². The van der Waals surface area contributed by atoms with Gasteiger partial charge < -0.3 is 44.9 Å². The van der Waals surface area contributed by atoms with Gasteiger partial charge in [0.15, 0.2) is 0 Å². The van der Waals surface area contributed by atoms with Crippen molar-refractivity contribution in [2.24, 2.45) is 24.3 Å². The summed E-state index contributed by atoms with van der Waals surface area (Å²) in [6, 6.07) is 10.3. The molecule has 6 aromatic heterocycles. The number of hydrogen-bond acceptors (Lipinski definition) is 15. The molecule has 5 N–H and O–H groups in total. The van der Waals surface area contributed by atoms with Gasteiger partial charge in [0.25, 0.3) is 5.92 Å². The molecule has 0 radical (unpaired) electrons. The van der Waals surface area contributed by atoms with E-state index in [1.54, 1.807) is 34.8 Å². The molecule has 7 atom stereocenters. The van der Waals surface area contributed by atoms with Gasteiger partial charge >= 0.3 is 12.2 Å². The van der Waals surface area contributed by atoms with Gasteiger partial charge in [0.2, 0.25) is 11.8 Å². The molecule has 21 nitrogen and oxygen atoms in total. The average Bonchev–Trinajstić information content (AvgIpc) is 1.56. The minimum atomic E-state index is -4.72. The summed E-state index contributed by atoms with van der Waals surface area (Å²) in [6.45, 7) is 9.64. The molecule has 2 aromatic carbocycles. The highest BCUT2D eigenvalue weighted by atomic mass is 19.4. The second-order valence-corrected chi connectivity index (χ2v) is 25.3. The van der Waals surface area contributed by atoms with Crippen molar-refractivity contribution in [3.05, 3.63) is 89.6 Å². The molecule has 1 aliphatic carbocycles. The molecule has 8 aromatic rings. The summed E-state index contributed by atoms with van der Waals surface area (Å²) in [5.74, 6) is -3.33. The standard InChI is InChI=1S/C62H73F5N16O5/c1-6-82-47(16-20-70-82)38-10-8-37(9-11-38)46(30-84)72-57(86)48-24-42(85)29-81(48)58(87)53(34(2)3)83-28-41(75-77-83)12-7-36-17-21-79(22-18-36)32-60(31-61(60,63)64)33-88-59-73-55-50(56(74-59)80-26-39-13-14-40(27-80)71-39)43-15-19-68-52(54(43)78(55)5)49-44-25-69-76-45(44)23-35(4)51(49)62(65,66)67/h8-11,15-16,19-20,23,25,28,34,36,39-40,42,46,48,53,71,84-85H,6-7,12-14,17-18,21-22,24,26-27,29-33H2,1-5H3,(H,69,76)(H,72,86)/t39-,40+,42-,46+,48+,53+,60-/m1/s1. The van der Waals surface area contributed by atoms with Crippen LogP contribution >= 0.6 is 0 Å². The molecule has 0 unspecified atom stereocenters. The summed E-state index contributed by atoms with van der Waals surface area (Å²) in [6.07, 6.45) is 5.20. The molecular formula is C62H73F5N16O5. The van der Waals surface area contributed by atoms with Crippen molar-refractivity contribution in [1.29, 1.82) is 0 Å². The lowest BCUT2D eigenvalue weighted by Gasteiger charge is -2.35. The van der Waals surface area contributed by atoms with Crippen molar-refractivity contribution in [3.8, 4) is 28.5 Å². The number of β-amino-alcohol motifs (C(OH)–C–C–N with tert-alkyl or cyclic N) is 1. The Morgan fingerprint density at radius 1 is 0.977 bits per heavy atom. The molecule has 2 amide bonds. The molecule has 5 fully saturated rings. The van der Waals surface area contributed by atoms with Crippen LogP contribution in [-0.4, -0.2) is 169 Å². The summed E-state index contributed by atoms with van der Waals surface area (Å²) in [5, 5.41) is 49.4. The van der Waals surface area contributed by atoms with Gasteiger partial charge in [-0.3, -0.25) is 24.4 Å². The Bertz CT molecular complexity index is 3900. The van der Waals surface area contributed by atoms with Crippen molar-refractivity contribution in [2.75, 3.05) is 57.4 Å². The fourth-order valence-corrected chi connectivity index (χ4v) is 14.4. The number of carbonyl (C=O) groups excluding carboxylic acids is 2. The number of aromatic nitrogens is 11. The number of halogens is 5. The maximum atomic E-state index is 15.8. The number of ether oxygens (including phenoxy) is 1. The Hall–Kier alpha value is -7.68. The normalized spacial score (nSPS) is 23.1. The summed E-state index contributed by atoms with van der Waals surface area (Å²) in [5.41, 5.74) is 2.13. The van der Waals surface area contributed by atoms with Gasteiger partial charge in [0.05, 0.1) is 69.4 Å². The summed E-state index contributed by atoms with van der Waals surface area (Å²) < 4.78 is 88.3. The van der Waals surface area contributed by atoms with E-state index in [-0.39, 0.29) is 97.2 Å². The van der Waals surface area contributed by atoms with Crippen LogP contribution in [0.15, 0.2) is 67.3 Å². The number of benzene rings is 2. The third kappa shape index (κ3) is 10.9. The maximum absolute atomic E-state index is 15.8. The second kappa shape index (κ2) is 23.0. The highest BCUT2D eigenvalue weighted by Gasteiger charge is 2.72. The van der Waals surface area contributed by atoms with Crippen LogP contribution in [0.3, 0.4) is 0 Å². The third-order valence-electron chi connectivity index (χ3n) is 19.1. The van der Waals surface area contributed by atoms with Gasteiger partial charge in [-0.05, 0) is 112 Å². The lowest BCUT2D eigenvalue weighted by Crippen LogP contribution is -2.51. The Kier molecular flexibility index (Phi) is 15.5. The largest absolute Gasteiger partial charge is 0.462 e. The van der Waals surface area contributed by atoms with E-state index in [2.05, 4.69) is 51.0 Å². The highest BCUT2D eigenvalue weighted by molar-refractivity contribution is 6.17. The third-order valence-corrected chi connectivity index (χ3v) is 19.1. The van der Waals surface area contributed by atoms with Crippen LogP contribution in [0.25, 0.3) is 55.4 Å². The Morgan fingerprint density at radius 2 is 1.73 bits per heavy atom. The van der Waals surface area contributed by atoms with Crippen LogP contribution < -0.4 is 20.3 Å². The number of hydrogen-bond donors (Lipinski definition) is 5. The van der Waals surface area contributed by atoms with Crippen molar-refractivity contribution in [1.82, 2.24) is 74.9 Å². The fraction of sp³-hybridized carbons (Fsp3) is 0.532. The van der Waals surface area contributed by atoms with Crippen LogP contribution in [0.5, 0.6) is 6.01 Å². The minimum absolute atomic E-state index is 0.0122. The first-order valence-corrected chi connectivity index (χ1v) is 30.6. The zero-order valence-electron chi connectivity index (χ0n) is 49.8. The van der Waals surface area contributed by atoms with Crippen LogP contribution in [0, 0.1) is 24.2 Å². The molecule has 26 heteroatoms. The Morgan fingerprint density at radius 3 is 2.42 bits per heavy atom. The number of aliphatic hydroxyl groups is 2. The SMILES string of the molecule is CCn1nccc1-c1ccc([C@H](CO)NC(=O)[C@@H]2C[C@@H](O)CN2C(=O)[C@H](C(C)C)n2cc(CCC3CCN(C[C@@]4(COc5nc(N6C[C@H]7CC[C@@H](C6)N7)c6c7ccnc(-c8c(C(F)(F)F)c(C)cc9[nH]ncc89)c7n(C)c6n5)CC4(F)F)CC3)nn2)cc1. The van der Waals surface area contributed by atoms with Gasteiger partial charge in [-0.15, -0.1) is 5.10 Å². The van der Waals surface area contributed by atoms with Crippen molar-refractivity contribution < 1.29 is 46.5 Å². The van der Waals surface area contributed by atoms with Gasteiger partial charge in [-0.25, -0.2) is 13.5 Å². The summed E-state index contributed by atoms with van der Waals surface area (Å²) >= 11 is 0. The van der Waals surface area contributed by atoms with Crippen molar-refractivity contribution in [3.63, 3.8) is 0 Å². The van der Waals surface area contributed by atoms with E-state index < -0.39 is 53.2 Å². The lowest BCUT2D eigenvalue weighted by atomic mass is 9.91. The van der Waals surface area contributed by atoms with Gasteiger partial charge in [0.1, 0.15) is 30.2 Å². The lowest BCUT2D eigenvalue weighted by molar-refractivity contribution is -0.142. The molecular weight excluding hydrogens is 1140 g/mol. The first kappa shape index (κ1) is 59.3. The number of fused-ring (bicyclic) bond motifs is 6. The Labute approximate surface area is 504 Å². The quantitative estimate of drug-likeness (QED) is 0.0491. The van der Waals surface area contributed by atoms with Crippen LogP contribution in [0.1, 0.15) is 100 Å². The van der Waals surface area contributed by atoms with Crippen molar-refractivity contribution >= 4 is 50.5 Å². The number of carbonyl (C=O) groups is 2. The zero-order chi connectivity index (χ0) is 61.6. The number of anilines is 1. The predicted molar refractivity (Wildman–Crippen MR) is 317 cm³/mol. The zero-order valence-corrected chi connectivity index (χ0v) is 49.8. The van der Waals surface area contributed by atoms with E-state index in [0.717, 1.165) is 43.4 Å². The number of aryl methyl sites for hydroxylation is 4. The van der Waals surface area contributed by atoms with E-state index in [1.807, 2.05) is 55.8 Å². The molecule has 1 saturated carbocycles. The number of alkyl halides is 5. The number of piperidine rings is 1. The molecule has 13 rings (SSSR count). The number of likely N-dealkylation sites (tertiary alicyclic amines) is 2. The number of piperazine rings is 1. The van der Waals surface area contributed by atoms with E-state index in [0.29, 0.717) is 83.7 Å². The fourth-order valence-electron chi connectivity index (χ4n) is 14.4. The smallest absolute Gasteiger partial charge is 0.417 e. The van der Waals surface area contributed by atoms with E-state index in [4.69, 9.17) is 14.7 Å². The summed E-state index contributed by atoms with van der Waals surface area (Å²) in [7, 11) is 1.72. The molecule has 0 spiro atoms. The number of rotatable bonds is 19. The van der Waals surface area contributed by atoms with Crippen LogP contribution in [0.2, 0.25) is 0 Å². The van der Waals surface area contributed by atoms with E-state index >= 15 is 22.0 Å². The predicted octanol–water partition coefficient (Wildman–Crippen LogP) is 7.56. The Balaban J connectivity index is 0.662. The van der Waals surface area contributed by atoms with Crippen LogP contribution in [0.4, 0.5) is 27.8 Å². The maximum Gasteiger partial charge on any atom is 0.417 e. The summed E-state index contributed by atoms with van der Waals surface area (Å²) in [4.78, 5) is 48.5. The number of H-pyrrole nitrogens is 1. The van der Waals surface area contributed by atoms with Gasteiger partial charge in [-0.1, -0.05) is 43.3 Å². The first-order chi connectivity index (χ1) is 42.2. The molecule has 4 aliphatic heterocycles. The topological polar surface area (TPSA) is 238 Å². The molecule has 10 heterocycles. The van der Waals surface area contributed by atoms with E-state index in [1.165, 1.54) is 30.3 Å². The molecule has 5 aliphatic rings. The first-order valence-electron chi connectivity index (χ1n) is 30.6. The number of nitrogens with zero attached hydrogens (tertiary/aromatic N) is 13. The molecule has 466 valence electrons. The molecule has 2 bridgehead atoms. The van der Waals surface area contributed by atoms with Crippen molar-refractivity contribution in [2.45, 2.75) is 134 Å². The van der Waals surface area contributed by atoms with Crippen LogP contribution in [-0.2, 0) is 35.8 Å². The number of amides is 2. The monoisotopic (exact) mass is 1220 g/mol.